The van der Waals surface area contributed by atoms with Gasteiger partial charge in [0.25, 0.3) is 17.3 Å². The van der Waals surface area contributed by atoms with Crippen LogP contribution in [0.2, 0.25) is 5.02 Å². The van der Waals surface area contributed by atoms with Crippen LogP contribution in [0.25, 0.3) is 0 Å². The quantitative estimate of drug-likeness (QED) is 0.494. The molecule has 0 aliphatic heterocycles. The number of nitrogens with one attached hydrogen (secondary N) is 2. The molecular formula is C15H13ClN4O6. The predicted octanol–water partition coefficient (Wildman–Crippen LogP) is 2.81. The Morgan fingerprint density at radius 2 is 1.77 bits per heavy atom. The molecule has 0 saturated carbocycles. The third-order valence-corrected chi connectivity index (χ3v) is 3.60. The van der Waals surface area contributed by atoms with Gasteiger partial charge in [0.2, 0.25) is 0 Å². The molecule has 0 aliphatic carbocycles. The first-order chi connectivity index (χ1) is 12.3. The summed E-state index contributed by atoms with van der Waals surface area (Å²) in [5.41, 5.74) is -0.449. The standard InChI is InChI=1S/C15H13ClN4O6/c16-11-3-2-10(8-13(11)19(23)24)18-15(22)9-1-4-12(17-5-6-21)14(7-9)20(25)26/h1-4,7-8,17,21H,5-6H2,(H,18,22). The van der Waals surface area contributed by atoms with Crippen molar-refractivity contribution < 1.29 is 19.7 Å². The molecule has 1 amide bonds. The van der Waals surface area contributed by atoms with Gasteiger partial charge in [-0.2, -0.15) is 0 Å². The average Bonchev–Trinajstić information content (AvgIpc) is 2.61. The van der Waals surface area contributed by atoms with Gasteiger partial charge in [-0.15, -0.1) is 0 Å². The molecule has 0 heterocycles. The molecule has 11 heteroatoms. The topological polar surface area (TPSA) is 148 Å². The van der Waals surface area contributed by atoms with Crippen molar-refractivity contribution in [3.8, 4) is 0 Å². The lowest BCUT2D eigenvalue weighted by atomic mass is 10.1. The number of carbonyl (C=O) groups is 1. The molecule has 0 atom stereocenters. The fraction of sp³-hybridized carbons (Fsp3) is 0.133. The molecule has 3 N–H and O–H groups in total. The molecule has 0 aromatic heterocycles. The van der Waals surface area contributed by atoms with Gasteiger partial charge < -0.3 is 15.7 Å². The molecule has 0 spiro atoms. The van der Waals surface area contributed by atoms with E-state index in [1.165, 1.54) is 24.3 Å². The number of amides is 1. The maximum Gasteiger partial charge on any atom is 0.293 e. The normalized spacial score (nSPS) is 10.2. The summed E-state index contributed by atoms with van der Waals surface area (Å²) in [5, 5.41) is 35.8. The van der Waals surface area contributed by atoms with Gasteiger partial charge in [0.15, 0.2) is 0 Å². The first-order valence-corrected chi connectivity index (χ1v) is 7.59. The lowest BCUT2D eigenvalue weighted by molar-refractivity contribution is -0.384. The largest absolute Gasteiger partial charge is 0.395 e. The minimum absolute atomic E-state index is 0.0103. The summed E-state index contributed by atoms with van der Waals surface area (Å²) in [6, 6.07) is 7.49. The smallest absolute Gasteiger partial charge is 0.293 e. The second-order valence-electron chi connectivity index (χ2n) is 5.02. The van der Waals surface area contributed by atoms with Crippen LogP contribution >= 0.6 is 11.6 Å². The average molecular weight is 381 g/mol. The van der Waals surface area contributed by atoms with Crippen LogP contribution in [-0.2, 0) is 0 Å². The second-order valence-corrected chi connectivity index (χ2v) is 5.42. The van der Waals surface area contributed by atoms with E-state index in [4.69, 9.17) is 16.7 Å². The number of hydrogen-bond donors (Lipinski definition) is 3. The number of aliphatic hydroxyl groups excluding tert-OH is 1. The molecule has 0 bridgehead atoms. The molecular weight excluding hydrogens is 368 g/mol. The SMILES string of the molecule is O=C(Nc1ccc(Cl)c([N+](=O)[O-])c1)c1ccc(NCCO)c([N+](=O)[O-])c1. The van der Waals surface area contributed by atoms with E-state index < -0.39 is 15.8 Å². The zero-order valence-electron chi connectivity index (χ0n) is 13.1. The van der Waals surface area contributed by atoms with Crippen molar-refractivity contribution in [3.05, 3.63) is 67.2 Å². The highest BCUT2D eigenvalue weighted by atomic mass is 35.5. The van der Waals surface area contributed by atoms with Crippen LogP contribution < -0.4 is 10.6 Å². The lowest BCUT2D eigenvalue weighted by Crippen LogP contribution is -2.13. The Hall–Kier alpha value is -3.24. The number of nitro benzene ring substituents is 2. The number of anilines is 2. The van der Waals surface area contributed by atoms with Crippen molar-refractivity contribution in [1.29, 1.82) is 0 Å². The minimum Gasteiger partial charge on any atom is -0.395 e. The maximum absolute atomic E-state index is 12.3. The third kappa shape index (κ3) is 4.43. The Morgan fingerprint density at radius 3 is 2.38 bits per heavy atom. The lowest BCUT2D eigenvalue weighted by Gasteiger charge is -2.09. The van der Waals surface area contributed by atoms with E-state index in [1.54, 1.807) is 0 Å². The summed E-state index contributed by atoms with van der Waals surface area (Å²) in [6.07, 6.45) is 0. The summed E-state index contributed by atoms with van der Waals surface area (Å²) >= 11 is 5.71. The van der Waals surface area contributed by atoms with Gasteiger partial charge in [-0.05, 0) is 24.3 Å². The third-order valence-electron chi connectivity index (χ3n) is 3.28. The number of hydrogen-bond acceptors (Lipinski definition) is 7. The molecule has 136 valence electrons. The van der Waals surface area contributed by atoms with Gasteiger partial charge in [0.05, 0.1) is 16.5 Å². The van der Waals surface area contributed by atoms with E-state index in [0.29, 0.717) is 0 Å². The Bertz CT molecular complexity index is 873. The highest BCUT2D eigenvalue weighted by Gasteiger charge is 2.19. The maximum atomic E-state index is 12.3. The zero-order chi connectivity index (χ0) is 19.3. The molecule has 0 fully saturated rings. The van der Waals surface area contributed by atoms with Crippen LogP contribution in [0, 0.1) is 20.2 Å². The monoisotopic (exact) mass is 380 g/mol. The van der Waals surface area contributed by atoms with Crippen molar-refractivity contribution in [2.75, 3.05) is 23.8 Å². The molecule has 10 nitrogen and oxygen atoms in total. The van der Waals surface area contributed by atoms with Crippen LogP contribution in [0.5, 0.6) is 0 Å². The number of nitro groups is 2. The molecule has 0 aliphatic rings. The number of aliphatic hydroxyl groups is 1. The van der Waals surface area contributed by atoms with E-state index in [1.807, 2.05) is 0 Å². The summed E-state index contributed by atoms with van der Waals surface area (Å²) < 4.78 is 0. The van der Waals surface area contributed by atoms with Crippen LogP contribution in [0.15, 0.2) is 36.4 Å². The van der Waals surface area contributed by atoms with Crippen molar-refractivity contribution >= 4 is 40.3 Å². The number of rotatable bonds is 7. The van der Waals surface area contributed by atoms with E-state index in [9.17, 15) is 25.0 Å². The van der Waals surface area contributed by atoms with Crippen molar-refractivity contribution in [2.24, 2.45) is 0 Å². The molecule has 0 saturated heterocycles. The van der Waals surface area contributed by atoms with Crippen LogP contribution in [0.1, 0.15) is 10.4 Å². The van der Waals surface area contributed by atoms with Crippen LogP contribution in [0.3, 0.4) is 0 Å². The van der Waals surface area contributed by atoms with Gasteiger partial charge in [-0.1, -0.05) is 11.6 Å². The first-order valence-electron chi connectivity index (χ1n) is 7.22. The molecule has 26 heavy (non-hydrogen) atoms. The van der Waals surface area contributed by atoms with Crippen LogP contribution in [0.4, 0.5) is 22.7 Å². The minimum atomic E-state index is -0.690. The van der Waals surface area contributed by atoms with Gasteiger partial charge in [-0.3, -0.25) is 25.0 Å². The van der Waals surface area contributed by atoms with Gasteiger partial charge in [0, 0.05) is 29.9 Å². The zero-order valence-corrected chi connectivity index (χ0v) is 13.9. The van der Waals surface area contributed by atoms with E-state index in [2.05, 4.69) is 10.6 Å². The molecule has 2 aromatic carbocycles. The number of halogens is 1. The van der Waals surface area contributed by atoms with Crippen molar-refractivity contribution in [2.45, 2.75) is 0 Å². The Morgan fingerprint density at radius 1 is 1.08 bits per heavy atom. The first kappa shape index (κ1) is 19.1. The van der Waals surface area contributed by atoms with Gasteiger partial charge >= 0.3 is 0 Å². The van der Waals surface area contributed by atoms with Crippen molar-refractivity contribution in [1.82, 2.24) is 0 Å². The molecule has 2 aromatic rings. The fourth-order valence-electron chi connectivity index (χ4n) is 2.10. The van der Waals surface area contributed by atoms with Gasteiger partial charge in [0.1, 0.15) is 10.7 Å². The number of carbonyl (C=O) groups excluding carboxylic acids is 1. The Labute approximate surface area is 151 Å². The highest BCUT2D eigenvalue weighted by molar-refractivity contribution is 6.32. The fourth-order valence-corrected chi connectivity index (χ4v) is 2.28. The van der Waals surface area contributed by atoms with Crippen molar-refractivity contribution in [3.63, 3.8) is 0 Å². The Kier molecular flexibility index (Phi) is 6.04. The van der Waals surface area contributed by atoms with E-state index in [0.717, 1.165) is 12.1 Å². The second kappa shape index (κ2) is 8.23. The summed E-state index contributed by atoms with van der Waals surface area (Å²) in [4.78, 5) is 33.0. The van der Waals surface area contributed by atoms with Gasteiger partial charge in [-0.25, -0.2) is 0 Å². The molecule has 0 radical (unpaired) electrons. The number of benzene rings is 2. The number of nitrogens with zero attached hydrogens (tertiary/aromatic N) is 2. The molecule has 0 unspecified atom stereocenters. The van der Waals surface area contributed by atoms with E-state index in [-0.39, 0.29) is 46.5 Å². The summed E-state index contributed by atoms with van der Waals surface area (Å²) in [7, 11) is 0. The summed E-state index contributed by atoms with van der Waals surface area (Å²) in [5.74, 6) is -0.682. The predicted molar refractivity (Wildman–Crippen MR) is 94.7 cm³/mol. The van der Waals surface area contributed by atoms with E-state index >= 15 is 0 Å². The Balaban J connectivity index is 2.27. The summed E-state index contributed by atoms with van der Waals surface area (Å²) in [6.45, 7) is -0.102. The molecule has 2 rings (SSSR count). The van der Waals surface area contributed by atoms with Crippen LogP contribution in [-0.4, -0.2) is 34.0 Å². The highest BCUT2D eigenvalue weighted by Crippen LogP contribution is 2.29.